The van der Waals surface area contributed by atoms with Crippen LogP contribution in [-0.4, -0.2) is 16.0 Å². The number of aromatic nitrogens is 2. The second-order valence-electron chi connectivity index (χ2n) is 6.53. The van der Waals surface area contributed by atoms with Crippen molar-refractivity contribution in [3.05, 3.63) is 66.2 Å². The molecule has 4 N–H and O–H groups in total. The summed E-state index contributed by atoms with van der Waals surface area (Å²) in [5, 5.41) is 0.679. The van der Waals surface area contributed by atoms with Gasteiger partial charge >= 0.3 is 6.03 Å². The standard InChI is InChI=1S/C21H19N5O2/c1-12-3-7-15(8-4-12)26(21(23)27)16-9-5-14(6-10-16)17-13(2)28-20-18(17)19(22)24-11-25-20/h3-11H,1-2H3,(H2,23,27)(H2,22,24,25). The number of furan rings is 1. The summed E-state index contributed by atoms with van der Waals surface area (Å²) in [6, 6.07) is 14.5. The zero-order chi connectivity index (χ0) is 19.8. The van der Waals surface area contributed by atoms with Gasteiger partial charge in [-0.2, -0.15) is 0 Å². The number of aryl methyl sites for hydroxylation is 2. The molecule has 7 heteroatoms. The number of rotatable bonds is 3. The number of benzene rings is 2. The molecular weight excluding hydrogens is 354 g/mol. The van der Waals surface area contributed by atoms with Gasteiger partial charge in [0.15, 0.2) is 0 Å². The molecule has 0 unspecified atom stereocenters. The van der Waals surface area contributed by atoms with Crippen LogP contribution in [-0.2, 0) is 0 Å². The fourth-order valence-electron chi connectivity index (χ4n) is 3.29. The van der Waals surface area contributed by atoms with Gasteiger partial charge in [0.05, 0.1) is 16.8 Å². The minimum absolute atomic E-state index is 0.361. The normalized spacial score (nSPS) is 10.9. The summed E-state index contributed by atoms with van der Waals surface area (Å²) in [6.07, 6.45) is 1.37. The van der Waals surface area contributed by atoms with Crippen molar-refractivity contribution in [3.63, 3.8) is 0 Å². The fourth-order valence-corrected chi connectivity index (χ4v) is 3.29. The van der Waals surface area contributed by atoms with E-state index < -0.39 is 6.03 Å². The number of primary amides is 1. The number of carbonyl (C=O) groups excluding carboxylic acids is 1. The van der Waals surface area contributed by atoms with E-state index in [4.69, 9.17) is 15.9 Å². The van der Waals surface area contributed by atoms with Crippen molar-refractivity contribution >= 4 is 34.3 Å². The summed E-state index contributed by atoms with van der Waals surface area (Å²) < 4.78 is 5.72. The van der Waals surface area contributed by atoms with Gasteiger partial charge in [0, 0.05) is 5.56 Å². The number of anilines is 3. The van der Waals surface area contributed by atoms with E-state index in [1.165, 1.54) is 11.2 Å². The van der Waals surface area contributed by atoms with E-state index in [1.54, 1.807) is 0 Å². The number of carbonyl (C=O) groups is 1. The van der Waals surface area contributed by atoms with Crippen LogP contribution in [0, 0.1) is 13.8 Å². The van der Waals surface area contributed by atoms with Crippen LogP contribution in [0.3, 0.4) is 0 Å². The Kier molecular flexibility index (Phi) is 4.19. The SMILES string of the molecule is Cc1ccc(N(C(N)=O)c2ccc(-c3c(C)oc4ncnc(N)c34)cc2)cc1. The Balaban J connectivity index is 1.78. The van der Waals surface area contributed by atoms with Crippen LogP contribution in [0.15, 0.2) is 59.3 Å². The van der Waals surface area contributed by atoms with E-state index in [2.05, 4.69) is 9.97 Å². The smallest absolute Gasteiger partial charge is 0.323 e. The van der Waals surface area contributed by atoms with Crippen LogP contribution in [0.4, 0.5) is 22.0 Å². The van der Waals surface area contributed by atoms with Gasteiger partial charge in [0.1, 0.15) is 17.9 Å². The predicted molar refractivity (Wildman–Crippen MR) is 109 cm³/mol. The highest BCUT2D eigenvalue weighted by atomic mass is 16.3. The van der Waals surface area contributed by atoms with Crippen molar-refractivity contribution in [1.82, 2.24) is 9.97 Å². The minimum atomic E-state index is -0.556. The molecule has 2 aromatic carbocycles. The average molecular weight is 373 g/mol. The lowest BCUT2D eigenvalue weighted by Crippen LogP contribution is -2.31. The molecular formula is C21H19N5O2. The van der Waals surface area contributed by atoms with Crippen molar-refractivity contribution in [3.8, 4) is 11.1 Å². The molecule has 28 heavy (non-hydrogen) atoms. The molecule has 4 rings (SSSR count). The first kappa shape index (κ1) is 17.5. The summed E-state index contributed by atoms with van der Waals surface area (Å²) in [5.74, 6) is 1.06. The van der Waals surface area contributed by atoms with Crippen LogP contribution >= 0.6 is 0 Å². The zero-order valence-electron chi connectivity index (χ0n) is 15.5. The van der Waals surface area contributed by atoms with Crippen LogP contribution < -0.4 is 16.4 Å². The average Bonchev–Trinajstić information content (AvgIpc) is 3.01. The molecule has 7 nitrogen and oxygen atoms in total. The van der Waals surface area contributed by atoms with E-state index >= 15 is 0 Å². The molecule has 0 saturated heterocycles. The molecule has 0 spiro atoms. The number of hydrogen-bond acceptors (Lipinski definition) is 5. The largest absolute Gasteiger partial charge is 0.442 e. The highest BCUT2D eigenvalue weighted by Gasteiger charge is 2.19. The first-order valence-electron chi connectivity index (χ1n) is 8.72. The summed E-state index contributed by atoms with van der Waals surface area (Å²) in [5.41, 5.74) is 16.3. The Morgan fingerprint density at radius 3 is 2.18 bits per heavy atom. The highest BCUT2D eigenvalue weighted by Crippen LogP contribution is 2.37. The second kappa shape index (κ2) is 6.70. The van der Waals surface area contributed by atoms with E-state index in [1.807, 2.05) is 62.4 Å². The molecule has 0 aliphatic rings. The first-order valence-corrected chi connectivity index (χ1v) is 8.72. The highest BCUT2D eigenvalue weighted by molar-refractivity contribution is 6.01. The molecule has 0 fully saturated rings. The monoisotopic (exact) mass is 373 g/mol. The number of hydrogen-bond donors (Lipinski definition) is 2. The Labute approximate surface area is 161 Å². The molecule has 140 valence electrons. The molecule has 0 atom stereocenters. The van der Waals surface area contributed by atoms with Crippen molar-refractivity contribution in [1.29, 1.82) is 0 Å². The maximum atomic E-state index is 12.1. The Morgan fingerprint density at radius 2 is 1.57 bits per heavy atom. The lowest BCUT2D eigenvalue weighted by molar-refractivity contribution is 0.256. The van der Waals surface area contributed by atoms with Gasteiger partial charge in [-0.15, -0.1) is 0 Å². The summed E-state index contributed by atoms with van der Waals surface area (Å²) in [6.45, 7) is 3.84. The van der Waals surface area contributed by atoms with E-state index in [-0.39, 0.29) is 0 Å². The summed E-state index contributed by atoms with van der Waals surface area (Å²) >= 11 is 0. The number of amides is 2. The molecule has 0 aliphatic carbocycles. The number of nitrogens with zero attached hydrogens (tertiary/aromatic N) is 3. The molecule has 0 saturated carbocycles. The summed E-state index contributed by atoms with van der Waals surface area (Å²) in [7, 11) is 0. The molecule has 0 bridgehead atoms. The zero-order valence-corrected chi connectivity index (χ0v) is 15.5. The quantitative estimate of drug-likeness (QED) is 0.556. The third-order valence-corrected chi connectivity index (χ3v) is 4.62. The minimum Gasteiger partial charge on any atom is -0.442 e. The number of fused-ring (bicyclic) bond motifs is 1. The Morgan fingerprint density at radius 1 is 0.964 bits per heavy atom. The fraction of sp³-hybridized carbons (Fsp3) is 0.0952. The van der Waals surface area contributed by atoms with Crippen LogP contribution in [0.5, 0.6) is 0 Å². The van der Waals surface area contributed by atoms with Crippen molar-refractivity contribution in [2.75, 3.05) is 10.6 Å². The van der Waals surface area contributed by atoms with Crippen molar-refractivity contribution < 1.29 is 9.21 Å². The lowest BCUT2D eigenvalue weighted by Gasteiger charge is -2.21. The van der Waals surface area contributed by atoms with E-state index in [9.17, 15) is 4.79 Å². The maximum Gasteiger partial charge on any atom is 0.323 e. The molecule has 2 aromatic heterocycles. The molecule has 0 aliphatic heterocycles. The van der Waals surface area contributed by atoms with Gasteiger partial charge in [-0.25, -0.2) is 14.8 Å². The third kappa shape index (κ3) is 2.92. The van der Waals surface area contributed by atoms with Crippen LogP contribution in [0.1, 0.15) is 11.3 Å². The summed E-state index contributed by atoms with van der Waals surface area (Å²) in [4.78, 5) is 21.7. The van der Waals surface area contributed by atoms with Gasteiger partial charge in [-0.05, 0) is 43.7 Å². The molecule has 4 aromatic rings. The van der Waals surface area contributed by atoms with E-state index in [0.29, 0.717) is 34.1 Å². The number of nitrogen functional groups attached to an aromatic ring is 1. The van der Waals surface area contributed by atoms with Crippen molar-refractivity contribution in [2.45, 2.75) is 13.8 Å². The number of urea groups is 1. The molecule has 0 radical (unpaired) electrons. The van der Waals surface area contributed by atoms with Gasteiger partial charge in [0.25, 0.3) is 0 Å². The van der Waals surface area contributed by atoms with Gasteiger partial charge in [0.2, 0.25) is 5.71 Å². The van der Waals surface area contributed by atoms with E-state index in [0.717, 1.165) is 16.7 Å². The second-order valence-corrected chi connectivity index (χ2v) is 6.53. The van der Waals surface area contributed by atoms with Crippen molar-refractivity contribution in [2.24, 2.45) is 5.73 Å². The van der Waals surface area contributed by atoms with Gasteiger partial charge in [-0.1, -0.05) is 29.8 Å². The van der Waals surface area contributed by atoms with Gasteiger partial charge in [-0.3, -0.25) is 4.90 Å². The number of nitrogens with two attached hydrogens (primary N) is 2. The maximum absolute atomic E-state index is 12.1. The topological polar surface area (TPSA) is 111 Å². The van der Waals surface area contributed by atoms with Gasteiger partial charge < -0.3 is 15.9 Å². The lowest BCUT2D eigenvalue weighted by atomic mass is 10.0. The Bertz CT molecular complexity index is 1160. The van der Waals surface area contributed by atoms with Crippen LogP contribution in [0.2, 0.25) is 0 Å². The predicted octanol–water partition coefficient (Wildman–Crippen LogP) is 4.31. The third-order valence-electron chi connectivity index (χ3n) is 4.62. The first-order chi connectivity index (χ1) is 13.5. The Hall–Kier alpha value is -3.87. The molecule has 2 amide bonds. The molecule has 2 heterocycles. The van der Waals surface area contributed by atoms with Crippen LogP contribution in [0.25, 0.3) is 22.2 Å².